The van der Waals surface area contributed by atoms with Crippen LogP contribution in [-0.4, -0.2) is 71.0 Å². The Morgan fingerprint density at radius 2 is 1.94 bits per heavy atom. The molecular weight excluding hydrogens is 448 g/mol. The third kappa shape index (κ3) is 5.11. The second-order valence-corrected chi connectivity index (χ2v) is 9.59. The first kappa shape index (κ1) is 23.6. The highest BCUT2D eigenvalue weighted by Gasteiger charge is 2.44. The van der Waals surface area contributed by atoms with Crippen LogP contribution in [0.25, 0.3) is 0 Å². The summed E-state index contributed by atoms with van der Waals surface area (Å²) >= 11 is 0. The summed E-state index contributed by atoms with van der Waals surface area (Å²) in [6.45, 7) is 0.851. The molecule has 35 heavy (non-hydrogen) atoms. The van der Waals surface area contributed by atoms with Crippen molar-refractivity contribution in [2.45, 2.75) is 69.0 Å². The molecule has 1 aromatic heterocycles. The molecule has 0 aliphatic carbocycles. The van der Waals surface area contributed by atoms with Gasteiger partial charge in [-0.15, -0.1) is 0 Å². The van der Waals surface area contributed by atoms with Crippen LogP contribution in [-0.2, 0) is 17.7 Å². The zero-order valence-corrected chi connectivity index (χ0v) is 19.9. The smallest absolute Gasteiger partial charge is 0.409 e. The van der Waals surface area contributed by atoms with Crippen molar-refractivity contribution in [2.24, 2.45) is 0 Å². The van der Waals surface area contributed by atoms with E-state index in [1.807, 2.05) is 17.0 Å². The third-order valence-electron chi connectivity index (χ3n) is 7.41. The topological polar surface area (TPSA) is 113 Å². The number of fused-ring (bicyclic) bond motifs is 3. The van der Waals surface area contributed by atoms with Crippen molar-refractivity contribution >= 4 is 12.0 Å². The number of ether oxygens (including phenoxy) is 2. The molecule has 4 atom stereocenters. The largest absolute Gasteiger partial charge is 0.474 e. The van der Waals surface area contributed by atoms with Crippen LogP contribution < -0.4 is 15.4 Å². The fraction of sp³-hybridized carbons (Fsp3) is 0.500. The summed E-state index contributed by atoms with van der Waals surface area (Å²) in [5.41, 5.74) is 2.90. The SMILES string of the molecule is COC(=O)N1C2CCC1CC(Oc1cc(C(=O)NC[C@@H](O)[C@@H]3Cc4ccccc4CN3)ccn1)C2. The highest BCUT2D eigenvalue weighted by Crippen LogP contribution is 2.37. The maximum absolute atomic E-state index is 12.8. The highest BCUT2D eigenvalue weighted by molar-refractivity contribution is 5.94. The quantitative estimate of drug-likeness (QED) is 0.580. The molecule has 0 spiro atoms. The van der Waals surface area contributed by atoms with Gasteiger partial charge in [0, 0.05) is 61.9 Å². The number of benzene rings is 1. The van der Waals surface area contributed by atoms with Gasteiger partial charge in [0.1, 0.15) is 6.10 Å². The van der Waals surface area contributed by atoms with Gasteiger partial charge in [0.25, 0.3) is 5.91 Å². The maximum atomic E-state index is 12.8. The normalized spacial score (nSPS) is 25.9. The van der Waals surface area contributed by atoms with E-state index in [1.165, 1.54) is 18.2 Å². The summed E-state index contributed by atoms with van der Waals surface area (Å²) in [4.78, 5) is 30.9. The second-order valence-electron chi connectivity index (χ2n) is 9.59. The van der Waals surface area contributed by atoms with Crippen molar-refractivity contribution in [2.75, 3.05) is 13.7 Å². The van der Waals surface area contributed by atoms with E-state index in [0.717, 1.165) is 19.3 Å². The molecule has 2 bridgehead atoms. The number of aromatic nitrogens is 1. The van der Waals surface area contributed by atoms with E-state index >= 15 is 0 Å². The van der Waals surface area contributed by atoms with Gasteiger partial charge in [-0.1, -0.05) is 24.3 Å². The number of hydrogen-bond donors (Lipinski definition) is 3. The minimum Gasteiger partial charge on any atom is -0.474 e. The zero-order valence-electron chi connectivity index (χ0n) is 19.9. The van der Waals surface area contributed by atoms with Crippen molar-refractivity contribution in [1.82, 2.24) is 20.5 Å². The number of aliphatic hydroxyl groups excluding tert-OH is 1. The minimum atomic E-state index is -0.708. The molecule has 0 radical (unpaired) electrons. The van der Waals surface area contributed by atoms with Crippen LogP contribution in [0.2, 0.25) is 0 Å². The zero-order chi connectivity index (χ0) is 24.4. The number of rotatable bonds is 6. The molecule has 1 aromatic carbocycles. The fourth-order valence-corrected chi connectivity index (χ4v) is 5.61. The van der Waals surface area contributed by atoms with Gasteiger partial charge in [-0.25, -0.2) is 9.78 Å². The van der Waals surface area contributed by atoms with Crippen LogP contribution >= 0.6 is 0 Å². The van der Waals surface area contributed by atoms with E-state index in [1.54, 1.807) is 18.3 Å². The van der Waals surface area contributed by atoms with Crippen LogP contribution in [0.5, 0.6) is 5.88 Å². The summed E-state index contributed by atoms with van der Waals surface area (Å²) in [6.07, 6.45) is 4.54. The van der Waals surface area contributed by atoms with Crippen LogP contribution in [0.15, 0.2) is 42.6 Å². The van der Waals surface area contributed by atoms with Gasteiger partial charge in [0.05, 0.1) is 13.2 Å². The summed E-state index contributed by atoms with van der Waals surface area (Å²) in [6, 6.07) is 11.6. The van der Waals surface area contributed by atoms with E-state index in [-0.39, 0.29) is 42.8 Å². The van der Waals surface area contributed by atoms with Gasteiger partial charge < -0.3 is 30.1 Å². The predicted molar refractivity (Wildman–Crippen MR) is 128 cm³/mol. The molecule has 2 fully saturated rings. The Morgan fingerprint density at radius 3 is 2.69 bits per heavy atom. The Kier molecular flexibility index (Phi) is 6.88. The first-order chi connectivity index (χ1) is 17.0. The second kappa shape index (κ2) is 10.2. The Bertz CT molecular complexity index is 1070. The van der Waals surface area contributed by atoms with Gasteiger partial charge in [0.15, 0.2) is 0 Å². The van der Waals surface area contributed by atoms with Crippen molar-refractivity contribution < 1.29 is 24.2 Å². The molecule has 2 unspecified atom stereocenters. The van der Waals surface area contributed by atoms with E-state index in [9.17, 15) is 14.7 Å². The average molecular weight is 481 g/mol. The van der Waals surface area contributed by atoms with Crippen molar-refractivity contribution in [3.05, 3.63) is 59.3 Å². The molecule has 3 N–H and O–H groups in total. The van der Waals surface area contributed by atoms with Gasteiger partial charge in [0.2, 0.25) is 5.88 Å². The molecule has 186 valence electrons. The number of hydrogen-bond acceptors (Lipinski definition) is 7. The molecule has 5 rings (SSSR count). The molecule has 0 saturated carbocycles. The Morgan fingerprint density at radius 1 is 1.20 bits per heavy atom. The van der Waals surface area contributed by atoms with E-state index in [2.05, 4.69) is 27.8 Å². The van der Waals surface area contributed by atoms with Crippen molar-refractivity contribution in [1.29, 1.82) is 0 Å². The average Bonchev–Trinajstić information content (AvgIpc) is 3.16. The van der Waals surface area contributed by atoms with E-state index < -0.39 is 6.10 Å². The van der Waals surface area contributed by atoms with Crippen LogP contribution in [0.4, 0.5) is 4.79 Å². The summed E-state index contributed by atoms with van der Waals surface area (Å²) < 4.78 is 11.0. The van der Waals surface area contributed by atoms with Crippen molar-refractivity contribution in [3.63, 3.8) is 0 Å². The monoisotopic (exact) mass is 480 g/mol. The standard InChI is InChI=1S/C26H32N4O5/c1-34-26(33)30-19-6-7-20(30)13-21(12-19)35-24-11-17(8-9-27-24)25(32)29-15-23(31)22-10-16-4-2-3-5-18(16)14-28-22/h2-5,8-9,11,19-23,28,31H,6-7,10,12-15H2,1H3,(H,29,32)/t19?,20?,21?,22-,23+/m0/s1. The van der Waals surface area contributed by atoms with Crippen LogP contribution in [0.1, 0.15) is 47.2 Å². The molecule has 2 aromatic rings. The number of aliphatic hydroxyl groups is 1. The van der Waals surface area contributed by atoms with E-state index in [4.69, 9.17) is 9.47 Å². The van der Waals surface area contributed by atoms with E-state index in [0.29, 0.717) is 30.8 Å². The summed E-state index contributed by atoms with van der Waals surface area (Å²) in [5.74, 6) is 0.104. The number of carbonyl (C=O) groups excluding carboxylic acids is 2. The summed E-state index contributed by atoms with van der Waals surface area (Å²) in [7, 11) is 1.41. The van der Waals surface area contributed by atoms with Gasteiger partial charge in [-0.2, -0.15) is 0 Å². The van der Waals surface area contributed by atoms with Gasteiger partial charge >= 0.3 is 6.09 Å². The molecular formula is C26H32N4O5. The molecule has 2 saturated heterocycles. The molecule has 9 nitrogen and oxygen atoms in total. The lowest BCUT2D eigenvalue weighted by molar-refractivity contribution is 0.0399. The molecule has 4 heterocycles. The van der Waals surface area contributed by atoms with Crippen LogP contribution in [0, 0.1) is 0 Å². The lowest BCUT2D eigenvalue weighted by atomic mass is 9.93. The third-order valence-corrected chi connectivity index (χ3v) is 7.41. The maximum Gasteiger partial charge on any atom is 0.409 e. The van der Waals surface area contributed by atoms with Crippen LogP contribution in [0.3, 0.4) is 0 Å². The first-order valence-corrected chi connectivity index (χ1v) is 12.3. The lowest BCUT2D eigenvalue weighted by Gasteiger charge is -2.37. The predicted octanol–water partition coefficient (Wildman–Crippen LogP) is 2.03. The number of piperidine rings is 1. The number of nitrogens with one attached hydrogen (secondary N) is 2. The number of carbonyl (C=O) groups is 2. The highest BCUT2D eigenvalue weighted by atomic mass is 16.5. The number of amides is 2. The Labute approximate surface area is 204 Å². The minimum absolute atomic E-state index is 0.0682. The summed E-state index contributed by atoms with van der Waals surface area (Å²) in [5, 5.41) is 16.8. The molecule has 9 heteroatoms. The lowest BCUT2D eigenvalue weighted by Crippen LogP contribution is -2.49. The fourth-order valence-electron chi connectivity index (χ4n) is 5.61. The Hall–Kier alpha value is -3.17. The number of nitrogens with zero attached hydrogens (tertiary/aromatic N) is 2. The Balaban J connectivity index is 1.14. The molecule has 3 aliphatic rings. The van der Waals surface area contributed by atoms with Gasteiger partial charge in [-0.05, 0) is 36.5 Å². The van der Waals surface area contributed by atoms with Gasteiger partial charge in [-0.3, -0.25) is 4.79 Å². The van der Waals surface area contributed by atoms with Crippen molar-refractivity contribution in [3.8, 4) is 5.88 Å². The number of pyridine rings is 1. The molecule has 3 aliphatic heterocycles. The first-order valence-electron chi connectivity index (χ1n) is 12.3. The number of methoxy groups -OCH3 is 1. The molecule has 2 amide bonds.